The predicted molar refractivity (Wildman–Crippen MR) is 60.0 cm³/mol. The summed E-state index contributed by atoms with van der Waals surface area (Å²) in [6.07, 6.45) is 2.37. The zero-order chi connectivity index (χ0) is 12.3. The average molecular weight is 239 g/mol. The molecule has 0 bridgehead atoms. The molecule has 2 rings (SSSR count). The van der Waals surface area contributed by atoms with E-state index in [2.05, 4.69) is 9.98 Å². The fourth-order valence-corrected chi connectivity index (χ4v) is 1.55. The maximum atomic E-state index is 13.5. The lowest BCUT2D eigenvalue weighted by Gasteiger charge is -2.10. The third kappa shape index (κ3) is 2.47. The highest BCUT2D eigenvalue weighted by Gasteiger charge is 2.48. The lowest BCUT2D eigenvalue weighted by atomic mass is 9.99. The van der Waals surface area contributed by atoms with Crippen LogP contribution in [0.25, 0.3) is 0 Å². The Bertz CT molecular complexity index is 470. The molecule has 6 heteroatoms. The molecule has 0 aliphatic carbocycles. The van der Waals surface area contributed by atoms with Gasteiger partial charge in [-0.05, 0) is 6.07 Å². The zero-order valence-corrected chi connectivity index (χ0v) is 8.94. The third-order valence-corrected chi connectivity index (χ3v) is 2.50. The predicted octanol–water partition coefficient (Wildman–Crippen LogP) is 1.21. The van der Waals surface area contributed by atoms with E-state index in [1.807, 2.05) is 0 Å². The molecule has 1 aliphatic heterocycles. The number of rotatable bonds is 4. The maximum absolute atomic E-state index is 13.5. The van der Waals surface area contributed by atoms with Crippen molar-refractivity contribution in [2.45, 2.75) is 5.60 Å². The minimum absolute atomic E-state index is 0.229. The van der Waals surface area contributed by atoms with E-state index in [1.54, 1.807) is 0 Å². The standard InChI is InChI=1S/C11H11F2N3O/c12-8-1-2-9(10(13)3-8)11(5-17-11)4-15-7-16-6-14/h1-3,6-7H,4-5H2,(H2,14,15,16). The quantitative estimate of drug-likeness (QED) is 0.487. The molecule has 0 radical (unpaired) electrons. The monoisotopic (exact) mass is 239 g/mol. The molecule has 1 fully saturated rings. The van der Waals surface area contributed by atoms with Gasteiger partial charge in [0.15, 0.2) is 0 Å². The second-order valence-electron chi connectivity index (χ2n) is 3.66. The van der Waals surface area contributed by atoms with Crippen molar-refractivity contribution in [3.63, 3.8) is 0 Å². The second kappa shape index (κ2) is 4.58. The number of ether oxygens (including phenoxy) is 1. The van der Waals surface area contributed by atoms with Gasteiger partial charge < -0.3 is 10.5 Å². The van der Waals surface area contributed by atoms with Gasteiger partial charge in [-0.1, -0.05) is 6.07 Å². The van der Waals surface area contributed by atoms with Crippen molar-refractivity contribution in [2.75, 3.05) is 13.2 Å². The van der Waals surface area contributed by atoms with Crippen LogP contribution in [-0.2, 0) is 10.3 Å². The Labute approximate surface area is 96.8 Å². The SMILES string of the molecule is NC=NC=NCC1(c2ccc(F)cc2F)CO1. The molecule has 0 aromatic heterocycles. The van der Waals surface area contributed by atoms with E-state index >= 15 is 0 Å². The first-order valence-electron chi connectivity index (χ1n) is 4.99. The first kappa shape index (κ1) is 11.7. The van der Waals surface area contributed by atoms with Gasteiger partial charge in [0.1, 0.15) is 23.6 Å². The van der Waals surface area contributed by atoms with Crippen molar-refractivity contribution in [1.82, 2.24) is 0 Å². The van der Waals surface area contributed by atoms with E-state index in [0.717, 1.165) is 12.4 Å². The third-order valence-electron chi connectivity index (χ3n) is 2.50. The first-order valence-corrected chi connectivity index (χ1v) is 4.99. The lowest BCUT2D eigenvalue weighted by Crippen LogP contribution is -2.15. The highest BCUT2D eigenvalue weighted by atomic mass is 19.1. The zero-order valence-electron chi connectivity index (χ0n) is 8.94. The van der Waals surface area contributed by atoms with Crippen LogP contribution in [0.2, 0.25) is 0 Å². The summed E-state index contributed by atoms with van der Waals surface area (Å²) in [5.41, 5.74) is 4.56. The Kier molecular flexibility index (Phi) is 3.14. The summed E-state index contributed by atoms with van der Waals surface area (Å²) < 4.78 is 31.5. The van der Waals surface area contributed by atoms with Crippen molar-refractivity contribution in [3.05, 3.63) is 35.4 Å². The topological polar surface area (TPSA) is 63.3 Å². The molecule has 4 nitrogen and oxygen atoms in total. The van der Waals surface area contributed by atoms with Crippen LogP contribution >= 0.6 is 0 Å². The van der Waals surface area contributed by atoms with Crippen molar-refractivity contribution in [1.29, 1.82) is 0 Å². The second-order valence-corrected chi connectivity index (χ2v) is 3.66. The van der Waals surface area contributed by atoms with E-state index in [9.17, 15) is 8.78 Å². The minimum Gasteiger partial charge on any atom is -0.390 e. The Morgan fingerprint density at radius 1 is 1.47 bits per heavy atom. The van der Waals surface area contributed by atoms with Gasteiger partial charge in [-0.2, -0.15) is 0 Å². The van der Waals surface area contributed by atoms with E-state index < -0.39 is 17.2 Å². The fourth-order valence-electron chi connectivity index (χ4n) is 1.55. The van der Waals surface area contributed by atoms with E-state index in [4.69, 9.17) is 10.5 Å². The molecular formula is C11H11F2N3O. The minimum atomic E-state index is -0.779. The van der Waals surface area contributed by atoms with Crippen molar-refractivity contribution >= 4 is 12.7 Å². The van der Waals surface area contributed by atoms with Crippen LogP contribution in [-0.4, -0.2) is 25.8 Å². The molecule has 17 heavy (non-hydrogen) atoms. The smallest absolute Gasteiger partial charge is 0.139 e. The van der Waals surface area contributed by atoms with Gasteiger partial charge in [0.2, 0.25) is 0 Å². The van der Waals surface area contributed by atoms with Crippen LogP contribution in [0.15, 0.2) is 28.2 Å². The number of epoxide rings is 1. The Morgan fingerprint density at radius 2 is 2.24 bits per heavy atom. The van der Waals surface area contributed by atoms with Crippen LogP contribution in [0.3, 0.4) is 0 Å². The summed E-state index contributed by atoms with van der Waals surface area (Å²) >= 11 is 0. The maximum Gasteiger partial charge on any atom is 0.139 e. The van der Waals surface area contributed by atoms with Gasteiger partial charge in [-0.25, -0.2) is 13.8 Å². The molecule has 0 amide bonds. The Morgan fingerprint density at radius 3 is 2.82 bits per heavy atom. The summed E-state index contributed by atoms with van der Waals surface area (Å²) in [7, 11) is 0. The summed E-state index contributed by atoms with van der Waals surface area (Å²) in [6.45, 7) is 0.589. The lowest BCUT2D eigenvalue weighted by molar-refractivity contribution is 0.307. The molecule has 0 saturated carbocycles. The van der Waals surface area contributed by atoms with E-state index in [-0.39, 0.29) is 6.54 Å². The van der Waals surface area contributed by atoms with Crippen LogP contribution in [0.4, 0.5) is 8.78 Å². The largest absolute Gasteiger partial charge is 0.390 e. The number of hydrogen-bond donors (Lipinski definition) is 1. The van der Waals surface area contributed by atoms with E-state index in [1.165, 1.54) is 18.5 Å². The average Bonchev–Trinajstić information content (AvgIpc) is 3.05. The summed E-state index contributed by atoms with van der Waals surface area (Å²) in [5.74, 6) is -1.24. The molecule has 1 saturated heterocycles. The normalized spacial score (nSPS) is 23.6. The molecular weight excluding hydrogens is 228 g/mol. The first-order chi connectivity index (χ1) is 8.18. The molecule has 1 aliphatic rings. The molecule has 1 aromatic carbocycles. The van der Waals surface area contributed by atoms with Gasteiger partial charge >= 0.3 is 0 Å². The van der Waals surface area contributed by atoms with Gasteiger partial charge in [-0.15, -0.1) is 0 Å². The van der Waals surface area contributed by atoms with Gasteiger partial charge in [0, 0.05) is 11.6 Å². The summed E-state index contributed by atoms with van der Waals surface area (Å²) in [4.78, 5) is 7.53. The highest BCUT2D eigenvalue weighted by Crippen LogP contribution is 2.40. The number of benzene rings is 1. The van der Waals surface area contributed by atoms with Crippen LogP contribution in [0.5, 0.6) is 0 Å². The summed E-state index contributed by atoms with van der Waals surface area (Å²) in [6, 6.07) is 3.41. The number of halogens is 2. The van der Waals surface area contributed by atoms with Crippen molar-refractivity contribution in [2.24, 2.45) is 15.7 Å². The molecule has 1 heterocycles. The van der Waals surface area contributed by atoms with Crippen LogP contribution < -0.4 is 5.73 Å². The molecule has 2 N–H and O–H groups in total. The number of nitrogens with zero attached hydrogens (tertiary/aromatic N) is 2. The fraction of sp³-hybridized carbons (Fsp3) is 0.273. The van der Waals surface area contributed by atoms with Gasteiger partial charge in [-0.3, -0.25) is 4.99 Å². The Hall–Kier alpha value is -1.82. The molecule has 1 atom stereocenters. The number of nitrogens with two attached hydrogens (primary N) is 1. The van der Waals surface area contributed by atoms with E-state index in [0.29, 0.717) is 12.2 Å². The molecule has 1 aromatic rings. The number of aliphatic imine (C=N–C) groups is 2. The van der Waals surface area contributed by atoms with Crippen molar-refractivity contribution in [3.8, 4) is 0 Å². The van der Waals surface area contributed by atoms with Gasteiger partial charge in [0.05, 0.1) is 19.5 Å². The summed E-state index contributed by atoms with van der Waals surface area (Å²) in [5, 5.41) is 0. The molecule has 1 unspecified atom stereocenters. The number of hydrogen-bond acceptors (Lipinski definition) is 2. The van der Waals surface area contributed by atoms with Crippen LogP contribution in [0, 0.1) is 11.6 Å². The Balaban J connectivity index is 2.15. The highest BCUT2D eigenvalue weighted by molar-refractivity contribution is 5.69. The molecule has 0 spiro atoms. The van der Waals surface area contributed by atoms with Crippen molar-refractivity contribution < 1.29 is 13.5 Å². The molecule has 90 valence electrons. The van der Waals surface area contributed by atoms with Gasteiger partial charge in [0.25, 0.3) is 0 Å². The van der Waals surface area contributed by atoms with Crippen LogP contribution in [0.1, 0.15) is 5.56 Å².